The van der Waals surface area contributed by atoms with Gasteiger partial charge in [0.1, 0.15) is 5.82 Å². The van der Waals surface area contributed by atoms with Crippen LogP contribution in [0.3, 0.4) is 0 Å². The van der Waals surface area contributed by atoms with Crippen molar-refractivity contribution in [1.29, 1.82) is 0 Å². The largest absolute Gasteiger partial charge is 0.381 e. The number of nitrogens with one attached hydrogen (secondary N) is 1. The van der Waals surface area contributed by atoms with E-state index in [9.17, 15) is 4.39 Å². The van der Waals surface area contributed by atoms with Gasteiger partial charge in [-0.25, -0.2) is 4.39 Å². The van der Waals surface area contributed by atoms with Crippen molar-refractivity contribution in [3.63, 3.8) is 0 Å². The second kappa shape index (κ2) is 6.61. The summed E-state index contributed by atoms with van der Waals surface area (Å²) in [7, 11) is 0. The Labute approximate surface area is 125 Å². The summed E-state index contributed by atoms with van der Waals surface area (Å²) in [6.07, 6.45) is 3.96. The summed E-state index contributed by atoms with van der Waals surface area (Å²) in [6, 6.07) is 15.2. The summed E-state index contributed by atoms with van der Waals surface area (Å²) in [4.78, 5) is 2.46. The highest BCUT2D eigenvalue weighted by molar-refractivity contribution is 5.49. The summed E-state index contributed by atoms with van der Waals surface area (Å²) in [6.45, 7) is 3.10. The molecule has 0 amide bonds. The Bertz CT molecular complexity index is 557. The summed E-state index contributed by atoms with van der Waals surface area (Å²) in [5.41, 5.74) is 3.50. The number of rotatable bonds is 4. The Hall–Kier alpha value is -2.03. The molecule has 0 aromatic heterocycles. The average Bonchev–Trinajstić information content (AvgIpc) is 2.56. The second-order valence-corrected chi connectivity index (χ2v) is 5.57. The number of anilines is 2. The van der Waals surface area contributed by atoms with Crippen LogP contribution < -0.4 is 10.2 Å². The minimum absolute atomic E-state index is 0.202. The van der Waals surface area contributed by atoms with Crippen LogP contribution in [0, 0.1) is 5.82 Å². The molecular weight excluding hydrogens is 263 g/mol. The van der Waals surface area contributed by atoms with E-state index in [4.69, 9.17) is 0 Å². The maximum atomic E-state index is 12.8. The third kappa shape index (κ3) is 3.75. The molecule has 0 saturated carbocycles. The lowest BCUT2D eigenvalue weighted by atomic mass is 10.1. The zero-order chi connectivity index (χ0) is 14.5. The third-order valence-electron chi connectivity index (χ3n) is 4.00. The highest BCUT2D eigenvalue weighted by atomic mass is 19.1. The van der Waals surface area contributed by atoms with E-state index in [2.05, 4.69) is 34.5 Å². The van der Waals surface area contributed by atoms with E-state index in [0.29, 0.717) is 0 Å². The van der Waals surface area contributed by atoms with Crippen LogP contribution in [0.25, 0.3) is 0 Å². The van der Waals surface area contributed by atoms with E-state index in [1.54, 1.807) is 12.1 Å². The van der Waals surface area contributed by atoms with Gasteiger partial charge >= 0.3 is 0 Å². The fourth-order valence-corrected chi connectivity index (χ4v) is 2.75. The van der Waals surface area contributed by atoms with Crippen LogP contribution >= 0.6 is 0 Å². The lowest BCUT2D eigenvalue weighted by Gasteiger charge is -2.28. The fraction of sp³-hybridized carbons (Fsp3) is 0.333. The molecule has 0 bridgehead atoms. The highest BCUT2D eigenvalue weighted by Gasteiger charge is 2.10. The SMILES string of the molecule is Fc1ccc(NCc2ccc(N3CCCCC3)cc2)cc1. The summed E-state index contributed by atoms with van der Waals surface area (Å²) in [5.74, 6) is -0.202. The molecule has 0 aliphatic carbocycles. The normalized spacial score (nSPS) is 15.0. The molecule has 1 heterocycles. The van der Waals surface area contributed by atoms with Crippen molar-refractivity contribution in [3.8, 4) is 0 Å². The number of nitrogens with zero attached hydrogens (tertiary/aromatic N) is 1. The number of hydrogen-bond donors (Lipinski definition) is 1. The van der Waals surface area contributed by atoms with Crippen LogP contribution in [0.1, 0.15) is 24.8 Å². The molecule has 3 heteroatoms. The molecule has 1 aliphatic heterocycles. The van der Waals surface area contributed by atoms with Crippen LogP contribution in [0.2, 0.25) is 0 Å². The summed E-state index contributed by atoms with van der Waals surface area (Å²) >= 11 is 0. The molecule has 3 rings (SSSR count). The van der Waals surface area contributed by atoms with Crippen LogP contribution in [0.5, 0.6) is 0 Å². The van der Waals surface area contributed by atoms with Gasteiger partial charge in [-0.2, -0.15) is 0 Å². The van der Waals surface area contributed by atoms with E-state index >= 15 is 0 Å². The van der Waals surface area contributed by atoms with E-state index in [1.807, 2.05) is 0 Å². The van der Waals surface area contributed by atoms with Gasteiger partial charge in [0.25, 0.3) is 0 Å². The molecule has 0 spiro atoms. The Kier molecular flexibility index (Phi) is 4.39. The van der Waals surface area contributed by atoms with Gasteiger partial charge in [0.05, 0.1) is 0 Å². The van der Waals surface area contributed by atoms with Crippen molar-refractivity contribution in [2.75, 3.05) is 23.3 Å². The Morgan fingerprint density at radius 3 is 2.19 bits per heavy atom. The van der Waals surface area contributed by atoms with Crippen LogP contribution in [0.15, 0.2) is 48.5 Å². The molecule has 2 aromatic rings. The molecule has 2 nitrogen and oxygen atoms in total. The summed E-state index contributed by atoms with van der Waals surface area (Å²) < 4.78 is 12.8. The van der Waals surface area contributed by atoms with Crippen LogP contribution in [-0.2, 0) is 6.54 Å². The zero-order valence-electron chi connectivity index (χ0n) is 12.2. The van der Waals surface area contributed by atoms with E-state index in [1.165, 1.54) is 55.7 Å². The first-order chi connectivity index (χ1) is 10.3. The Morgan fingerprint density at radius 1 is 0.857 bits per heavy atom. The predicted molar refractivity (Wildman–Crippen MR) is 86.2 cm³/mol. The minimum atomic E-state index is -0.202. The van der Waals surface area contributed by atoms with Crippen LogP contribution in [0.4, 0.5) is 15.8 Å². The van der Waals surface area contributed by atoms with Crippen LogP contribution in [-0.4, -0.2) is 13.1 Å². The number of benzene rings is 2. The van der Waals surface area contributed by atoms with E-state index in [0.717, 1.165) is 12.2 Å². The molecule has 1 N–H and O–H groups in total. The topological polar surface area (TPSA) is 15.3 Å². The second-order valence-electron chi connectivity index (χ2n) is 5.57. The molecule has 110 valence electrons. The fourth-order valence-electron chi connectivity index (χ4n) is 2.75. The maximum Gasteiger partial charge on any atom is 0.123 e. The molecular formula is C18H21FN2. The van der Waals surface area contributed by atoms with E-state index in [-0.39, 0.29) is 5.82 Å². The van der Waals surface area contributed by atoms with Gasteiger partial charge in [-0.3, -0.25) is 0 Å². The highest BCUT2D eigenvalue weighted by Crippen LogP contribution is 2.20. The van der Waals surface area contributed by atoms with Crippen molar-refractivity contribution in [2.24, 2.45) is 0 Å². The smallest absolute Gasteiger partial charge is 0.123 e. The van der Waals surface area contributed by atoms with E-state index < -0.39 is 0 Å². The lowest BCUT2D eigenvalue weighted by Crippen LogP contribution is -2.29. The quantitative estimate of drug-likeness (QED) is 0.893. The third-order valence-corrected chi connectivity index (χ3v) is 4.00. The Morgan fingerprint density at radius 2 is 1.52 bits per heavy atom. The molecule has 1 aliphatic rings. The summed E-state index contributed by atoms with van der Waals surface area (Å²) in [5, 5.41) is 3.31. The van der Waals surface area contributed by atoms with Gasteiger partial charge in [0.15, 0.2) is 0 Å². The van der Waals surface area contributed by atoms with Gasteiger partial charge in [-0.15, -0.1) is 0 Å². The molecule has 21 heavy (non-hydrogen) atoms. The lowest BCUT2D eigenvalue weighted by molar-refractivity contribution is 0.578. The first-order valence-electron chi connectivity index (χ1n) is 7.64. The maximum absolute atomic E-state index is 12.8. The van der Waals surface area contributed by atoms with Crippen molar-refractivity contribution < 1.29 is 4.39 Å². The van der Waals surface area contributed by atoms with Gasteiger partial charge in [-0.05, 0) is 61.2 Å². The number of hydrogen-bond acceptors (Lipinski definition) is 2. The molecule has 1 fully saturated rings. The van der Waals surface area contributed by atoms with Gasteiger partial charge in [0.2, 0.25) is 0 Å². The standard InChI is InChI=1S/C18H21FN2/c19-16-6-8-17(9-7-16)20-14-15-4-10-18(11-5-15)21-12-2-1-3-13-21/h4-11,20H,1-3,12-14H2. The monoisotopic (exact) mass is 284 g/mol. The molecule has 0 unspecified atom stereocenters. The first-order valence-corrected chi connectivity index (χ1v) is 7.64. The molecule has 0 radical (unpaired) electrons. The predicted octanol–water partition coefficient (Wildman–Crippen LogP) is 4.43. The van der Waals surface area contributed by atoms with Gasteiger partial charge in [-0.1, -0.05) is 12.1 Å². The van der Waals surface area contributed by atoms with Crippen molar-refractivity contribution in [3.05, 3.63) is 59.9 Å². The van der Waals surface area contributed by atoms with Gasteiger partial charge < -0.3 is 10.2 Å². The molecule has 0 atom stereocenters. The Balaban J connectivity index is 1.57. The van der Waals surface area contributed by atoms with Crippen molar-refractivity contribution >= 4 is 11.4 Å². The average molecular weight is 284 g/mol. The minimum Gasteiger partial charge on any atom is -0.381 e. The van der Waals surface area contributed by atoms with Crippen molar-refractivity contribution in [1.82, 2.24) is 0 Å². The first kappa shape index (κ1) is 13.9. The van der Waals surface area contributed by atoms with Crippen molar-refractivity contribution in [2.45, 2.75) is 25.8 Å². The molecule has 2 aromatic carbocycles. The number of halogens is 1. The number of piperidine rings is 1. The molecule has 1 saturated heterocycles. The zero-order valence-corrected chi connectivity index (χ0v) is 12.2. The van der Waals surface area contributed by atoms with Gasteiger partial charge in [0, 0.05) is 31.0 Å².